The van der Waals surface area contributed by atoms with Gasteiger partial charge in [-0.15, -0.1) is 0 Å². The van der Waals surface area contributed by atoms with E-state index in [0.29, 0.717) is 0 Å². The van der Waals surface area contributed by atoms with E-state index in [0.717, 1.165) is 21.7 Å². The smallest absolute Gasteiger partial charge is 0.0426 e. The summed E-state index contributed by atoms with van der Waals surface area (Å²) < 4.78 is 1.10. The summed E-state index contributed by atoms with van der Waals surface area (Å²) in [6, 6.07) is 15.9. The van der Waals surface area contributed by atoms with Crippen molar-refractivity contribution in [3.63, 3.8) is 0 Å². The Morgan fingerprint density at radius 2 is 1.88 bits per heavy atom. The largest absolute Gasteiger partial charge is 0.381 e. The zero-order valence-electron chi connectivity index (χ0n) is 8.58. The van der Waals surface area contributed by atoms with Crippen LogP contribution in [-0.2, 0) is 6.54 Å². The van der Waals surface area contributed by atoms with E-state index in [4.69, 9.17) is 11.6 Å². The molecule has 0 heterocycles. The number of benzene rings is 2. The molecule has 0 saturated heterocycles. The van der Waals surface area contributed by atoms with Crippen molar-refractivity contribution in [2.45, 2.75) is 6.54 Å². The van der Waals surface area contributed by atoms with Gasteiger partial charge in [0, 0.05) is 21.7 Å². The Bertz CT molecular complexity index is 439. The van der Waals surface area contributed by atoms with Gasteiger partial charge in [0.25, 0.3) is 0 Å². The summed E-state index contributed by atoms with van der Waals surface area (Å²) in [4.78, 5) is 0. The molecule has 0 unspecified atom stereocenters. The summed E-state index contributed by atoms with van der Waals surface area (Å²) in [7, 11) is 0. The highest BCUT2D eigenvalue weighted by Crippen LogP contribution is 2.17. The zero-order chi connectivity index (χ0) is 11.4. The Labute approximate surface area is 109 Å². The molecule has 16 heavy (non-hydrogen) atoms. The highest BCUT2D eigenvalue weighted by molar-refractivity contribution is 9.10. The summed E-state index contributed by atoms with van der Waals surface area (Å²) >= 11 is 9.36. The molecule has 0 atom stereocenters. The van der Waals surface area contributed by atoms with Crippen LogP contribution in [0.25, 0.3) is 0 Å². The van der Waals surface area contributed by atoms with E-state index < -0.39 is 0 Å². The molecule has 0 aliphatic rings. The number of anilines is 1. The molecule has 1 nitrogen and oxygen atoms in total. The zero-order valence-corrected chi connectivity index (χ0v) is 10.9. The first-order chi connectivity index (χ1) is 7.74. The van der Waals surface area contributed by atoms with Gasteiger partial charge in [0.2, 0.25) is 0 Å². The quantitative estimate of drug-likeness (QED) is 0.864. The van der Waals surface area contributed by atoms with E-state index in [9.17, 15) is 0 Å². The molecule has 0 saturated carbocycles. The SMILES string of the molecule is Clc1cccc(NCc2cccc(Br)c2)c1. The van der Waals surface area contributed by atoms with Crippen molar-refractivity contribution in [3.05, 3.63) is 63.6 Å². The van der Waals surface area contributed by atoms with Crippen LogP contribution in [0.4, 0.5) is 5.69 Å². The van der Waals surface area contributed by atoms with Gasteiger partial charge in [0.15, 0.2) is 0 Å². The molecule has 0 spiro atoms. The van der Waals surface area contributed by atoms with E-state index in [1.54, 1.807) is 0 Å². The fraction of sp³-hybridized carbons (Fsp3) is 0.0769. The molecular formula is C13H11BrClN. The van der Waals surface area contributed by atoms with Crippen molar-refractivity contribution < 1.29 is 0 Å². The third kappa shape index (κ3) is 3.26. The van der Waals surface area contributed by atoms with Crippen molar-refractivity contribution >= 4 is 33.2 Å². The number of nitrogens with one attached hydrogen (secondary N) is 1. The van der Waals surface area contributed by atoms with E-state index >= 15 is 0 Å². The molecule has 0 amide bonds. The van der Waals surface area contributed by atoms with Crippen LogP contribution in [0.1, 0.15) is 5.56 Å². The van der Waals surface area contributed by atoms with Crippen molar-refractivity contribution in [2.24, 2.45) is 0 Å². The molecule has 0 aromatic heterocycles. The number of halogens is 2. The minimum Gasteiger partial charge on any atom is -0.381 e. The van der Waals surface area contributed by atoms with Crippen LogP contribution in [0.15, 0.2) is 53.0 Å². The highest BCUT2D eigenvalue weighted by atomic mass is 79.9. The van der Waals surface area contributed by atoms with Crippen molar-refractivity contribution in [3.8, 4) is 0 Å². The van der Waals surface area contributed by atoms with Gasteiger partial charge in [0.1, 0.15) is 0 Å². The molecular weight excluding hydrogens is 286 g/mol. The first-order valence-electron chi connectivity index (χ1n) is 4.98. The Balaban J connectivity index is 2.02. The third-order valence-electron chi connectivity index (χ3n) is 2.21. The molecule has 0 fully saturated rings. The fourth-order valence-corrected chi connectivity index (χ4v) is 2.09. The highest BCUT2D eigenvalue weighted by Gasteiger charge is 1.95. The number of rotatable bonds is 3. The second kappa shape index (κ2) is 5.37. The van der Waals surface area contributed by atoms with Crippen molar-refractivity contribution in [2.75, 3.05) is 5.32 Å². The van der Waals surface area contributed by atoms with Crippen LogP contribution >= 0.6 is 27.5 Å². The van der Waals surface area contributed by atoms with E-state index in [1.165, 1.54) is 5.56 Å². The fourth-order valence-electron chi connectivity index (χ4n) is 1.45. The summed E-state index contributed by atoms with van der Waals surface area (Å²) in [5.74, 6) is 0. The van der Waals surface area contributed by atoms with Gasteiger partial charge in [0.05, 0.1) is 0 Å². The average Bonchev–Trinajstić information content (AvgIpc) is 2.27. The van der Waals surface area contributed by atoms with E-state index in [-0.39, 0.29) is 0 Å². The minimum absolute atomic E-state index is 0.749. The Hall–Kier alpha value is -0.990. The minimum atomic E-state index is 0.749. The molecule has 2 aromatic carbocycles. The normalized spacial score (nSPS) is 10.1. The van der Waals surface area contributed by atoms with Crippen LogP contribution < -0.4 is 5.32 Å². The predicted octanol–water partition coefficient (Wildman–Crippen LogP) is 4.71. The maximum Gasteiger partial charge on any atom is 0.0426 e. The Kier molecular flexibility index (Phi) is 3.86. The van der Waals surface area contributed by atoms with Crippen LogP contribution in [0.5, 0.6) is 0 Å². The lowest BCUT2D eigenvalue weighted by Gasteiger charge is -2.07. The van der Waals surface area contributed by atoms with Gasteiger partial charge >= 0.3 is 0 Å². The second-order valence-corrected chi connectivity index (χ2v) is 4.85. The molecule has 1 N–H and O–H groups in total. The van der Waals surface area contributed by atoms with Gasteiger partial charge < -0.3 is 5.32 Å². The van der Waals surface area contributed by atoms with Crippen molar-refractivity contribution in [1.29, 1.82) is 0 Å². The lowest BCUT2D eigenvalue weighted by molar-refractivity contribution is 1.15. The van der Waals surface area contributed by atoms with Gasteiger partial charge in [-0.05, 0) is 35.9 Å². The summed E-state index contributed by atoms with van der Waals surface area (Å²) in [6.07, 6.45) is 0. The van der Waals surface area contributed by atoms with Gasteiger partial charge in [-0.2, -0.15) is 0 Å². The predicted molar refractivity (Wildman–Crippen MR) is 72.9 cm³/mol. The number of hydrogen-bond acceptors (Lipinski definition) is 1. The van der Waals surface area contributed by atoms with Crippen LogP contribution in [-0.4, -0.2) is 0 Å². The standard InChI is InChI=1S/C13H11BrClN/c14-11-4-1-3-10(7-11)9-16-13-6-2-5-12(15)8-13/h1-8,16H,9H2. The second-order valence-electron chi connectivity index (χ2n) is 3.49. The van der Waals surface area contributed by atoms with Gasteiger partial charge in [-0.3, -0.25) is 0 Å². The topological polar surface area (TPSA) is 12.0 Å². The first kappa shape index (κ1) is 11.5. The lowest BCUT2D eigenvalue weighted by Crippen LogP contribution is -1.98. The Morgan fingerprint density at radius 3 is 2.62 bits per heavy atom. The summed E-state index contributed by atoms with van der Waals surface area (Å²) in [6.45, 7) is 0.791. The van der Waals surface area contributed by atoms with Gasteiger partial charge in [-0.25, -0.2) is 0 Å². The molecule has 82 valence electrons. The van der Waals surface area contributed by atoms with Gasteiger partial charge in [-0.1, -0.05) is 45.7 Å². The monoisotopic (exact) mass is 295 g/mol. The maximum absolute atomic E-state index is 5.90. The molecule has 0 aliphatic carbocycles. The molecule has 0 bridgehead atoms. The van der Waals surface area contributed by atoms with Crippen LogP contribution in [0.2, 0.25) is 5.02 Å². The van der Waals surface area contributed by atoms with Crippen LogP contribution in [0, 0.1) is 0 Å². The van der Waals surface area contributed by atoms with Crippen molar-refractivity contribution in [1.82, 2.24) is 0 Å². The van der Waals surface area contributed by atoms with E-state index in [1.807, 2.05) is 36.4 Å². The van der Waals surface area contributed by atoms with E-state index in [2.05, 4.69) is 33.4 Å². The molecule has 0 aliphatic heterocycles. The lowest BCUT2D eigenvalue weighted by atomic mass is 10.2. The number of hydrogen-bond donors (Lipinski definition) is 1. The first-order valence-corrected chi connectivity index (χ1v) is 6.15. The molecule has 2 rings (SSSR count). The average molecular weight is 297 g/mol. The third-order valence-corrected chi connectivity index (χ3v) is 2.94. The maximum atomic E-state index is 5.90. The van der Waals surface area contributed by atoms with Crippen LogP contribution in [0.3, 0.4) is 0 Å². The summed E-state index contributed by atoms with van der Waals surface area (Å²) in [5, 5.41) is 4.07. The molecule has 2 aromatic rings. The Morgan fingerprint density at radius 1 is 1.06 bits per heavy atom. The molecule has 3 heteroatoms. The molecule has 0 radical (unpaired) electrons. The summed E-state index contributed by atoms with van der Waals surface area (Å²) in [5.41, 5.74) is 2.27.